The van der Waals surface area contributed by atoms with E-state index < -0.39 is 0 Å². The fourth-order valence-electron chi connectivity index (χ4n) is 3.29. The number of hydrogen-bond acceptors (Lipinski definition) is 2. The summed E-state index contributed by atoms with van der Waals surface area (Å²) in [6.07, 6.45) is 4.83. The molecule has 1 amide bonds. The van der Waals surface area contributed by atoms with Gasteiger partial charge in [0.1, 0.15) is 0 Å². The molecule has 0 unspecified atom stereocenters. The standard InChI is InChI=1S/C16H20N2O/c1-3-12-14(18-9-5-4-6-10-18)8-7-13-15(12)11(2)17-16(13)19/h7-8H,3-6,9-10H2,1-2H3. The first-order valence-electron chi connectivity index (χ1n) is 7.23. The van der Waals surface area contributed by atoms with Crippen LogP contribution in [0.5, 0.6) is 0 Å². The lowest BCUT2D eigenvalue weighted by Gasteiger charge is -2.31. The third-order valence-electron chi connectivity index (χ3n) is 4.20. The second-order valence-corrected chi connectivity index (χ2v) is 5.39. The summed E-state index contributed by atoms with van der Waals surface area (Å²) in [7, 11) is 0. The lowest BCUT2D eigenvalue weighted by Crippen LogP contribution is -2.30. The Labute approximate surface area is 114 Å². The van der Waals surface area contributed by atoms with Crippen LogP contribution in [0, 0.1) is 0 Å². The van der Waals surface area contributed by atoms with E-state index in [1.165, 1.54) is 30.5 Å². The quantitative estimate of drug-likeness (QED) is 0.814. The Bertz CT molecular complexity index is 554. The van der Waals surface area contributed by atoms with Gasteiger partial charge in [-0.2, -0.15) is 0 Å². The van der Waals surface area contributed by atoms with Gasteiger partial charge in [-0.25, -0.2) is 4.99 Å². The van der Waals surface area contributed by atoms with Gasteiger partial charge >= 0.3 is 0 Å². The van der Waals surface area contributed by atoms with Crippen molar-refractivity contribution in [1.29, 1.82) is 0 Å². The minimum Gasteiger partial charge on any atom is -0.371 e. The molecule has 0 N–H and O–H groups in total. The van der Waals surface area contributed by atoms with Crippen molar-refractivity contribution in [3.63, 3.8) is 0 Å². The predicted molar refractivity (Wildman–Crippen MR) is 78.4 cm³/mol. The van der Waals surface area contributed by atoms with Gasteiger partial charge in [0.25, 0.3) is 5.91 Å². The van der Waals surface area contributed by atoms with Gasteiger partial charge in [-0.3, -0.25) is 4.79 Å². The number of carbonyl (C=O) groups excluding carboxylic acids is 1. The first-order chi connectivity index (χ1) is 9.22. The molecule has 2 aliphatic heterocycles. The second-order valence-electron chi connectivity index (χ2n) is 5.39. The third-order valence-corrected chi connectivity index (χ3v) is 4.20. The largest absolute Gasteiger partial charge is 0.371 e. The van der Waals surface area contributed by atoms with E-state index in [-0.39, 0.29) is 5.91 Å². The molecule has 3 rings (SSSR count). The number of nitrogens with zero attached hydrogens (tertiary/aromatic N) is 2. The van der Waals surface area contributed by atoms with Gasteiger partial charge in [-0.1, -0.05) is 6.92 Å². The molecule has 1 aromatic rings. The van der Waals surface area contributed by atoms with Crippen LogP contribution in [0.15, 0.2) is 17.1 Å². The Morgan fingerprint density at radius 2 is 1.95 bits per heavy atom. The number of benzene rings is 1. The molecule has 2 heterocycles. The van der Waals surface area contributed by atoms with Gasteiger partial charge in [0.05, 0.1) is 5.56 Å². The molecule has 3 nitrogen and oxygen atoms in total. The molecule has 100 valence electrons. The van der Waals surface area contributed by atoms with Gasteiger partial charge in [-0.05, 0) is 50.3 Å². The molecule has 1 saturated heterocycles. The average molecular weight is 256 g/mol. The number of piperidine rings is 1. The molecular weight excluding hydrogens is 236 g/mol. The summed E-state index contributed by atoms with van der Waals surface area (Å²) in [6, 6.07) is 4.08. The van der Waals surface area contributed by atoms with E-state index in [0.717, 1.165) is 36.3 Å². The number of carbonyl (C=O) groups is 1. The fourth-order valence-corrected chi connectivity index (χ4v) is 3.29. The normalized spacial score (nSPS) is 18.5. The van der Waals surface area contributed by atoms with Crippen molar-refractivity contribution in [3.8, 4) is 0 Å². The fraction of sp³-hybridized carbons (Fsp3) is 0.500. The van der Waals surface area contributed by atoms with Gasteiger partial charge in [0.15, 0.2) is 0 Å². The van der Waals surface area contributed by atoms with E-state index in [9.17, 15) is 4.79 Å². The topological polar surface area (TPSA) is 32.7 Å². The van der Waals surface area contributed by atoms with Crippen LogP contribution in [0.1, 0.15) is 54.6 Å². The van der Waals surface area contributed by atoms with E-state index >= 15 is 0 Å². The number of aliphatic imine (C=N–C) groups is 1. The van der Waals surface area contributed by atoms with E-state index in [1.54, 1.807) is 0 Å². The summed E-state index contributed by atoms with van der Waals surface area (Å²) in [5.74, 6) is -0.0765. The van der Waals surface area contributed by atoms with Crippen LogP contribution in [-0.4, -0.2) is 24.7 Å². The Hall–Kier alpha value is -1.64. The van der Waals surface area contributed by atoms with Crippen LogP contribution >= 0.6 is 0 Å². The molecule has 1 aromatic carbocycles. The highest BCUT2D eigenvalue weighted by Gasteiger charge is 2.26. The Balaban J connectivity index is 2.09. The first-order valence-corrected chi connectivity index (χ1v) is 7.23. The third kappa shape index (κ3) is 1.97. The predicted octanol–water partition coefficient (Wildman–Crippen LogP) is 3.20. The molecule has 0 bridgehead atoms. The molecule has 0 radical (unpaired) electrons. The monoisotopic (exact) mass is 256 g/mol. The highest BCUT2D eigenvalue weighted by molar-refractivity contribution is 6.21. The summed E-state index contributed by atoms with van der Waals surface area (Å²) in [4.78, 5) is 18.4. The van der Waals surface area contributed by atoms with Crippen LogP contribution in [0.4, 0.5) is 5.69 Å². The highest BCUT2D eigenvalue weighted by atomic mass is 16.1. The van der Waals surface area contributed by atoms with Crippen molar-refractivity contribution in [2.45, 2.75) is 39.5 Å². The van der Waals surface area contributed by atoms with Crippen molar-refractivity contribution in [2.24, 2.45) is 4.99 Å². The Kier molecular flexibility index (Phi) is 3.13. The molecule has 0 saturated carbocycles. The molecular formula is C16H20N2O. The Morgan fingerprint density at radius 3 is 2.63 bits per heavy atom. The maximum Gasteiger partial charge on any atom is 0.277 e. The van der Waals surface area contributed by atoms with Gasteiger partial charge < -0.3 is 4.90 Å². The van der Waals surface area contributed by atoms with Crippen LogP contribution in [0.3, 0.4) is 0 Å². The molecule has 2 aliphatic rings. The molecule has 0 spiro atoms. The van der Waals surface area contributed by atoms with E-state index in [2.05, 4.69) is 22.9 Å². The van der Waals surface area contributed by atoms with Gasteiger partial charge in [0.2, 0.25) is 0 Å². The van der Waals surface area contributed by atoms with Crippen molar-refractivity contribution in [1.82, 2.24) is 0 Å². The maximum atomic E-state index is 11.8. The molecule has 3 heteroatoms. The molecule has 0 aromatic heterocycles. The zero-order valence-electron chi connectivity index (χ0n) is 11.7. The summed E-state index contributed by atoms with van der Waals surface area (Å²) in [5, 5.41) is 0. The van der Waals surface area contributed by atoms with Gasteiger partial charge in [-0.15, -0.1) is 0 Å². The SMILES string of the molecule is CCc1c(N2CCCCC2)ccc2c1C(C)=NC2=O. The first kappa shape index (κ1) is 12.4. The zero-order valence-corrected chi connectivity index (χ0v) is 11.7. The van der Waals surface area contributed by atoms with Crippen LogP contribution in [0.2, 0.25) is 0 Å². The summed E-state index contributed by atoms with van der Waals surface area (Å²) in [5.41, 5.74) is 5.37. The number of anilines is 1. The summed E-state index contributed by atoms with van der Waals surface area (Å²) < 4.78 is 0. The van der Waals surface area contributed by atoms with E-state index in [4.69, 9.17) is 0 Å². The number of fused-ring (bicyclic) bond motifs is 1. The second kappa shape index (κ2) is 4.80. The molecule has 1 fully saturated rings. The van der Waals surface area contributed by atoms with Crippen molar-refractivity contribution in [3.05, 3.63) is 28.8 Å². The lowest BCUT2D eigenvalue weighted by atomic mass is 9.94. The van der Waals surface area contributed by atoms with Crippen molar-refractivity contribution < 1.29 is 4.79 Å². The van der Waals surface area contributed by atoms with Gasteiger partial charge in [0, 0.05) is 30.1 Å². The molecule has 0 atom stereocenters. The van der Waals surface area contributed by atoms with E-state index in [1.807, 2.05) is 13.0 Å². The maximum absolute atomic E-state index is 11.8. The van der Waals surface area contributed by atoms with Crippen molar-refractivity contribution >= 4 is 17.3 Å². The van der Waals surface area contributed by atoms with Crippen LogP contribution in [0.25, 0.3) is 0 Å². The summed E-state index contributed by atoms with van der Waals surface area (Å²) >= 11 is 0. The van der Waals surface area contributed by atoms with E-state index in [0.29, 0.717) is 0 Å². The van der Waals surface area contributed by atoms with Crippen LogP contribution in [-0.2, 0) is 6.42 Å². The highest BCUT2D eigenvalue weighted by Crippen LogP contribution is 2.32. The minimum absolute atomic E-state index is 0.0765. The lowest BCUT2D eigenvalue weighted by molar-refractivity contribution is 0.101. The summed E-state index contributed by atoms with van der Waals surface area (Å²) in [6.45, 7) is 6.38. The number of hydrogen-bond donors (Lipinski definition) is 0. The zero-order chi connectivity index (χ0) is 13.4. The van der Waals surface area contributed by atoms with Crippen LogP contribution < -0.4 is 4.90 Å². The Morgan fingerprint density at radius 1 is 1.21 bits per heavy atom. The number of rotatable bonds is 2. The average Bonchev–Trinajstić information content (AvgIpc) is 2.74. The molecule has 0 aliphatic carbocycles. The van der Waals surface area contributed by atoms with Crippen molar-refractivity contribution in [2.75, 3.05) is 18.0 Å². The molecule has 19 heavy (non-hydrogen) atoms. The smallest absolute Gasteiger partial charge is 0.277 e. The minimum atomic E-state index is -0.0765. The number of amides is 1.